The van der Waals surface area contributed by atoms with E-state index < -0.39 is 0 Å². The molecule has 1 aliphatic rings. The van der Waals surface area contributed by atoms with Crippen LogP contribution in [0.1, 0.15) is 35.2 Å². The van der Waals surface area contributed by atoms with Crippen molar-refractivity contribution in [2.45, 2.75) is 24.7 Å². The van der Waals surface area contributed by atoms with Crippen molar-refractivity contribution in [3.63, 3.8) is 0 Å². The number of methoxy groups -OCH3 is 2. The van der Waals surface area contributed by atoms with Crippen molar-refractivity contribution < 1.29 is 14.3 Å². The summed E-state index contributed by atoms with van der Waals surface area (Å²) in [6, 6.07) is 1.78. The van der Waals surface area contributed by atoms with E-state index >= 15 is 0 Å². The maximum Gasteiger partial charge on any atom is 0.171 e. The van der Waals surface area contributed by atoms with Crippen LogP contribution in [-0.4, -0.2) is 27.1 Å². The van der Waals surface area contributed by atoms with E-state index in [9.17, 15) is 4.79 Å². The van der Waals surface area contributed by atoms with Gasteiger partial charge in [0.15, 0.2) is 17.8 Å². The third-order valence-electron chi connectivity index (χ3n) is 3.98. The van der Waals surface area contributed by atoms with Gasteiger partial charge in [0, 0.05) is 22.0 Å². The Morgan fingerprint density at radius 1 is 1.37 bits per heavy atom. The van der Waals surface area contributed by atoms with Gasteiger partial charge in [0.1, 0.15) is 0 Å². The third kappa shape index (κ3) is 2.15. The monoisotopic (exact) mass is 327 g/mol. The molecule has 0 aliphatic heterocycles. The van der Waals surface area contributed by atoms with Crippen LogP contribution < -0.4 is 15.2 Å². The third-order valence-corrected chi connectivity index (χ3v) is 4.61. The van der Waals surface area contributed by atoms with E-state index in [0.717, 1.165) is 35.6 Å². The number of benzene rings is 1. The molecule has 1 aromatic rings. The fourth-order valence-corrected chi connectivity index (χ4v) is 3.62. The van der Waals surface area contributed by atoms with Crippen LogP contribution in [0.25, 0.3) is 0 Å². The van der Waals surface area contributed by atoms with Gasteiger partial charge in [-0.1, -0.05) is 22.4 Å². The highest BCUT2D eigenvalue weighted by atomic mass is 79.9. The highest BCUT2D eigenvalue weighted by molar-refractivity contribution is 9.10. The Labute approximate surface area is 121 Å². The van der Waals surface area contributed by atoms with E-state index in [1.807, 2.05) is 0 Å². The van der Waals surface area contributed by atoms with Gasteiger partial charge in [0.25, 0.3) is 0 Å². The number of halogens is 1. The summed E-state index contributed by atoms with van der Waals surface area (Å²) in [7, 11) is 3.13. The lowest BCUT2D eigenvalue weighted by atomic mass is 9.64. The molecule has 0 radical (unpaired) electrons. The van der Waals surface area contributed by atoms with Crippen LogP contribution in [0, 0.1) is 0 Å². The zero-order valence-corrected chi connectivity index (χ0v) is 12.7. The molecule has 0 bridgehead atoms. The Kier molecular flexibility index (Phi) is 4.16. The van der Waals surface area contributed by atoms with Crippen molar-refractivity contribution in [1.82, 2.24) is 0 Å². The van der Waals surface area contributed by atoms with Gasteiger partial charge in [0.2, 0.25) is 0 Å². The molecule has 1 fully saturated rings. The minimum atomic E-state index is -0.0706. The molecule has 0 saturated heterocycles. The zero-order valence-electron chi connectivity index (χ0n) is 11.2. The van der Waals surface area contributed by atoms with Crippen molar-refractivity contribution >= 4 is 22.2 Å². The second kappa shape index (κ2) is 5.51. The Balaban J connectivity index is 2.69. The van der Waals surface area contributed by atoms with Crippen molar-refractivity contribution in [1.29, 1.82) is 0 Å². The fourth-order valence-electron chi connectivity index (χ4n) is 2.77. The number of aldehydes is 1. The Morgan fingerprint density at radius 2 is 2.00 bits per heavy atom. The summed E-state index contributed by atoms with van der Waals surface area (Å²) >= 11 is 3.54. The predicted octanol–water partition coefficient (Wildman–Crippen LogP) is 2.66. The van der Waals surface area contributed by atoms with Gasteiger partial charge in [-0.15, -0.1) is 0 Å². The molecular weight excluding hydrogens is 310 g/mol. The standard InChI is InChI=1S/C14H18BrNO3/c1-18-12-9(7-17)6-10(15)11(13(12)19-2)14(8-16)4-3-5-14/h6-7H,3-5,8,16H2,1-2H3. The minimum absolute atomic E-state index is 0.0706. The SMILES string of the molecule is COc1c(C=O)cc(Br)c(C2(CN)CCC2)c1OC. The number of nitrogens with two attached hydrogens (primary N) is 1. The Morgan fingerprint density at radius 3 is 2.37 bits per heavy atom. The molecule has 2 rings (SSSR count). The number of carbonyl (C=O) groups excluding carboxylic acids is 1. The molecule has 0 aromatic heterocycles. The summed E-state index contributed by atoms with van der Waals surface area (Å²) < 4.78 is 11.7. The number of hydrogen-bond acceptors (Lipinski definition) is 4. The molecule has 0 heterocycles. The summed E-state index contributed by atoms with van der Waals surface area (Å²) in [5, 5.41) is 0. The second-order valence-electron chi connectivity index (χ2n) is 4.84. The molecule has 1 aromatic carbocycles. The van der Waals surface area contributed by atoms with Crippen molar-refractivity contribution in [3.8, 4) is 11.5 Å². The molecule has 1 saturated carbocycles. The Hall–Kier alpha value is -1.07. The highest BCUT2D eigenvalue weighted by Crippen LogP contribution is 2.52. The first-order valence-electron chi connectivity index (χ1n) is 6.23. The summed E-state index contributed by atoms with van der Waals surface area (Å²) in [5.74, 6) is 1.10. The van der Waals surface area contributed by atoms with E-state index in [-0.39, 0.29) is 5.41 Å². The van der Waals surface area contributed by atoms with Gasteiger partial charge >= 0.3 is 0 Å². The van der Waals surface area contributed by atoms with Gasteiger partial charge in [-0.2, -0.15) is 0 Å². The van der Waals surface area contributed by atoms with Crippen LogP contribution >= 0.6 is 15.9 Å². The van der Waals surface area contributed by atoms with Gasteiger partial charge in [0.05, 0.1) is 19.8 Å². The molecule has 19 heavy (non-hydrogen) atoms. The van der Waals surface area contributed by atoms with Gasteiger partial charge in [-0.05, 0) is 18.9 Å². The lowest BCUT2D eigenvalue weighted by molar-refractivity contribution is 0.111. The van der Waals surface area contributed by atoms with Crippen molar-refractivity contribution in [2.24, 2.45) is 5.73 Å². The quantitative estimate of drug-likeness (QED) is 0.844. The van der Waals surface area contributed by atoms with Gasteiger partial charge in [-0.25, -0.2) is 0 Å². The van der Waals surface area contributed by atoms with E-state index in [4.69, 9.17) is 15.2 Å². The van der Waals surface area contributed by atoms with Crippen molar-refractivity contribution in [3.05, 3.63) is 21.7 Å². The Bertz CT molecular complexity index is 492. The summed E-state index contributed by atoms with van der Waals surface area (Å²) in [6.07, 6.45) is 3.99. The average Bonchev–Trinajstić information content (AvgIpc) is 2.38. The molecule has 5 heteroatoms. The molecular formula is C14H18BrNO3. The van der Waals surface area contributed by atoms with Crippen LogP contribution in [0.15, 0.2) is 10.5 Å². The van der Waals surface area contributed by atoms with Crippen LogP contribution in [0.5, 0.6) is 11.5 Å². The van der Waals surface area contributed by atoms with E-state index in [0.29, 0.717) is 23.6 Å². The summed E-state index contributed by atoms with van der Waals surface area (Å²) in [4.78, 5) is 11.1. The molecule has 104 valence electrons. The molecule has 0 amide bonds. The number of rotatable bonds is 5. The molecule has 1 aliphatic carbocycles. The lowest BCUT2D eigenvalue weighted by Crippen LogP contribution is -2.42. The van der Waals surface area contributed by atoms with Crippen LogP contribution in [0.4, 0.5) is 0 Å². The average molecular weight is 328 g/mol. The van der Waals surface area contributed by atoms with Gasteiger partial charge < -0.3 is 15.2 Å². The van der Waals surface area contributed by atoms with Gasteiger partial charge in [-0.3, -0.25) is 4.79 Å². The molecule has 0 spiro atoms. The van der Waals surface area contributed by atoms with Crippen LogP contribution in [0.2, 0.25) is 0 Å². The van der Waals surface area contributed by atoms with Crippen molar-refractivity contribution in [2.75, 3.05) is 20.8 Å². The smallest absolute Gasteiger partial charge is 0.171 e. The maximum absolute atomic E-state index is 11.1. The molecule has 4 nitrogen and oxygen atoms in total. The van der Waals surface area contributed by atoms with Crippen LogP contribution in [-0.2, 0) is 5.41 Å². The minimum Gasteiger partial charge on any atom is -0.492 e. The molecule has 0 atom stereocenters. The van der Waals surface area contributed by atoms with E-state index in [1.54, 1.807) is 20.3 Å². The van der Waals surface area contributed by atoms with E-state index in [2.05, 4.69) is 15.9 Å². The number of carbonyl (C=O) groups is 1. The zero-order chi connectivity index (χ0) is 14.0. The molecule has 0 unspecified atom stereocenters. The molecule has 2 N–H and O–H groups in total. The summed E-state index contributed by atoms with van der Waals surface area (Å²) in [5.41, 5.74) is 7.39. The van der Waals surface area contributed by atoms with E-state index in [1.165, 1.54) is 0 Å². The maximum atomic E-state index is 11.1. The largest absolute Gasteiger partial charge is 0.492 e. The summed E-state index contributed by atoms with van der Waals surface area (Å²) in [6.45, 7) is 0.561. The first-order chi connectivity index (χ1) is 9.13. The first-order valence-corrected chi connectivity index (χ1v) is 7.03. The lowest BCUT2D eigenvalue weighted by Gasteiger charge is -2.43. The second-order valence-corrected chi connectivity index (χ2v) is 5.70. The topological polar surface area (TPSA) is 61.5 Å². The number of ether oxygens (including phenoxy) is 2. The predicted molar refractivity (Wildman–Crippen MR) is 77.2 cm³/mol. The number of hydrogen-bond donors (Lipinski definition) is 1. The fraction of sp³-hybridized carbons (Fsp3) is 0.500. The highest BCUT2D eigenvalue weighted by Gasteiger charge is 2.42. The van der Waals surface area contributed by atoms with Crippen LogP contribution in [0.3, 0.4) is 0 Å². The normalized spacial score (nSPS) is 16.6. The first kappa shape index (κ1) is 14.3.